The monoisotopic (exact) mass is 322 g/mol. The molecule has 2 aromatic rings. The Labute approximate surface area is 134 Å². The predicted octanol–water partition coefficient (Wildman–Crippen LogP) is 2.38. The molecule has 0 bridgehead atoms. The summed E-state index contributed by atoms with van der Waals surface area (Å²) in [5, 5.41) is 7.58. The van der Waals surface area contributed by atoms with Crippen molar-refractivity contribution >= 4 is 17.5 Å². The number of aromatic nitrogens is 3. The minimum Gasteiger partial charge on any atom is -0.375 e. The molecule has 2 rings (SSSR count). The molecule has 0 aliphatic carbocycles. The molecule has 1 aromatic carbocycles. The Kier molecular flexibility index (Phi) is 5.51. The topological polar surface area (TPSA) is 69.0 Å². The van der Waals surface area contributed by atoms with E-state index in [1.165, 1.54) is 17.3 Å². The predicted molar refractivity (Wildman–Crippen MR) is 83.5 cm³/mol. The number of benzene rings is 1. The molecule has 0 aliphatic rings. The number of carbonyl (C=O) groups is 1. The fourth-order valence-corrected chi connectivity index (χ4v) is 2.37. The molecule has 0 unspecified atom stereocenters. The van der Waals surface area contributed by atoms with Gasteiger partial charge < -0.3 is 10.1 Å². The van der Waals surface area contributed by atoms with Gasteiger partial charge >= 0.3 is 0 Å². The quantitative estimate of drug-likeness (QED) is 0.886. The average Bonchev–Trinajstić information content (AvgIpc) is 3.03. The Hall–Kier alpha value is -1.92. The zero-order valence-electron chi connectivity index (χ0n) is 12.7. The van der Waals surface area contributed by atoms with Gasteiger partial charge in [0, 0.05) is 12.1 Å². The molecule has 0 fully saturated rings. The van der Waals surface area contributed by atoms with Gasteiger partial charge in [-0.2, -0.15) is 5.10 Å². The van der Waals surface area contributed by atoms with Gasteiger partial charge in [-0.1, -0.05) is 23.7 Å². The van der Waals surface area contributed by atoms with Crippen molar-refractivity contribution in [3.8, 4) is 0 Å². The number of methoxy groups -OCH3 is 1. The Morgan fingerprint density at radius 3 is 2.55 bits per heavy atom. The van der Waals surface area contributed by atoms with Crippen LogP contribution in [-0.4, -0.2) is 33.8 Å². The summed E-state index contributed by atoms with van der Waals surface area (Å²) >= 11 is 5.90. The van der Waals surface area contributed by atoms with Gasteiger partial charge in [0.2, 0.25) is 5.91 Å². The second kappa shape index (κ2) is 7.38. The van der Waals surface area contributed by atoms with E-state index < -0.39 is 6.04 Å². The number of nitrogens with zero attached hydrogens (tertiary/aromatic N) is 3. The number of rotatable bonds is 6. The summed E-state index contributed by atoms with van der Waals surface area (Å²) in [6, 6.07) is 6.74. The maximum atomic E-state index is 12.3. The third-order valence-corrected chi connectivity index (χ3v) is 3.74. The highest BCUT2D eigenvalue weighted by atomic mass is 35.5. The molecule has 1 heterocycles. The lowest BCUT2D eigenvalue weighted by Gasteiger charge is -2.25. The van der Waals surface area contributed by atoms with E-state index in [0.717, 1.165) is 5.56 Å². The normalized spacial score (nSPS) is 15.1. The minimum absolute atomic E-state index is 0.144. The summed E-state index contributed by atoms with van der Waals surface area (Å²) < 4.78 is 7.02. The molecule has 118 valence electrons. The molecule has 7 heteroatoms. The number of ether oxygens (including phenoxy) is 1. The lowest BCUT2D eigenvalue weighted by molar-refractivity contribution is -0.125. The van der Waals surface area contributed by atoms with E-state index in [9.17, 15) is 4.79 Å². The minimum atomic E-state index is -0.437. The number of hydrogen-bond acceptors (Lipinski definition) is 4. The maximum absolute atomic E-state index is 12.3. The van der Waals surface area contributed by atoms with E-state index in [-0.39, 0.29) is 18.1 Å². The van der Waals surface area contributed by atoms with Crippen LogP contribution in [0.1, 0.15) is 31.6 Å². The molecule has 6 nitrogen and oxygen atoms in total. The van der Waals surface area contributed by atoms with E-state index in [1.54, 1.807) is 26.2 Å². The number of halogens is 1. The molecule has 0 saturated heterocycles. The molecule has 22 heavy (non-hydrogen) atoms. The van der Waals surface area contributed by atoms with Crippen LogP contribution >= 0.6 is 11.6 Å². The van der Waals surface area contributed by atoms with Gasteiger partial charge in [-0.3, -0.25) is 4.79 Å². The molecule has 0 saturated carbocycles. The lowest BCUT2D eigenvalue weighted by atomic mass is 10.0. The highest BCUT2D eigenvalue weighted by Crippen LogP contribution is 2.22. The molecular weight excluding hydrogens is 304 g/mol. The SMILES string of the molecule is CO[C@H](c1ccc(Cl)cc1)[C@H](C)NC(=O)[C@@H](C)n1cncn1. The van der Waals surface area contributed by atoms with Crippen LogP contribution in [0.2, 0.25) is 5.02 Å². The van der Waals surface area contributed by atoms with Gasteiger partial charge in [-0.05, 0) is 31.5 Å². The molecule has 0 spiro atoms. The second-order valence-corrected chi connectivity index (χ2v) is 5.49. The van der Waals surface area contributed by atoms with Crippen molar-refractivity contribution in [2.75, 3.05) is 7.11 Å². The molecule has 1 aromatic heterocycles. The number of carbonyl (C=O) groups excluding carboxylic acids is 1. The van der Waals surface area contributed by atoms with Gasteiger partial charge in [-0.15, -0.1) is 0 Å². The van der Waals surface area contributed by atoms with Gasteiger partial charge in [-0.25, -0.2) is 9.67 Å². The van der Waals surface area contributed by atoms with Crippen molar-refractivity contribution in [3.63, 3.8) is 0 Å². The van der Waals surface area contributed by atoms with Gasteiger partial charge in [0.15, 0.2) is 0 Å². The van der Waals surface area contributed by atoms with E-state index in [0.29, 0.717) is 5.02 Å². The van der Waals surface area contributed by atoms with Gasteiger partial charge in [0.25, 0.3) is 0 Å². The number of amides is 1. The Balaban J connectivity index is 2.04. The molecule has 0 radical (unpaired) electrons. The summed E-state index contributed by atoms with van der Waals surface area (Å²) in [7, 11) is 1.61. The first-order chi connectivity index (χ1) is 10.5. The van der Waals surface area contributed by atoms with Crippen molar-refractivity contribution in [2.24, 2.45) is 0 Å². The number of nitrogens with one attached hydrogen (secondary N) is 1. The molecule has 1 N–H and O–H groups in total. The van der Waals surface area contributed by atoms with Crippen molar-refractivity contribution in [1.82, 2.24) is 20.1 Å². The van der Waals surface area contributed by atoms with Crippen LogP contribution in [-0.2, 0) is 9.53 Å². The Morgan fingerprint density at radius 1 is 1.32 bits per heavy atom. The van der Waals surface area contributed by atoms with Gasteiger partial charge in [0.1, 0.15) is 24.8 Å². The third kappa shape index (κ3) is 3.84. The van der Waals surface area contributed by atoms with Crippen LogP contribution in [0.15, 0.2) is 36.9 Å². The fourth-order valence-electron chi connectivity index (χ4n) is 2.24. The van der Waals surface area contributed by atoms with Crippen LogP contribution in [0.25, 0.3) is 0 Å². The van der Waals surface area contributed by atoms with E-state index in [4.69, 9.17) is 16.3 Å². The summed E-state index contributed by atoms with van der Waals surface area (Å²) in [5.74, 6) is -0.144. The molecule has 3 atom stereocenters. The van der Waals surface area contributed by atoms with Crippen LogP contribution < -0.4 is 5.32 Å². The summed E-state index contributed by atoms with van der Waals surface area (Å²) in [4.78, 5) is 16.1. The number of hydrogen-bond donors (Lipinski definition) is 1. The van der Waals surface area contributed by atoms with Gasteiger partial charge in [0.05, 0.1) is 6.04 Å². The van der Waals surface area contributed by atoms with E-state index in [1.807, 2.05) is 19.1 Å². The van der Waals surface area contributed by atoms with Crippen molar-refractivity contribution in [1.29, 1.82) is 0 Å². The summed E-state index contributed by atoms with van der Waals surface area (Å²) in [6.45, 7) is 3.66. The van der Waals surface area contributed by atoms with Crippen molar-refractivity contribution in [2.45, 2.75) is 32.0 Å². The largest absolute Gasteiger partial charge is 0.375 e. The highest BCUT2D eigenvalue weighted by molar-refractivity contribution is 6.30. The third-order valence-electron chi connectivity index (χ3n) is 3.49. The van der Waals surface area contributed by atoms with Crippen molar-refractivity contribution in [3.05, 3.63) is 47.5 Å². The van der Waals surface area contributed by atoms with Crippen molar-refractivity contribution < 1.29 is 9.53 Å². The van der Waals surface area contributed by atoms with Crippen LogP contribution in [0.5, 0.6) is 0 Å². The maximum Gasteiger partial charge on any atom is 0.244 e. The van der Waals surface area contributed by atoms with E-state index in [2.05, 4.69) is 15.4 Å². The smallest absolute Gasteiger partial charge is 0.244 e. The lowest BCUT2D eigenvalue weighted by Crippen LogP contribution is -2.41. The molecule has 0 aliphatic heterocycles. The fraction of sp³-hybridized carbons (Fsp3) is 0.400. The van der Waals surface area contributed by atoms with Crippen LogP contribution in [0.4, 0.5) is 0 Å². The zero-order chi connectivity index (χ0) is 16.1. The Bertz CT molecular complexity index is 601. The molecule has 1 amide bonds. The first-order valence-electron chi connectivity index (χ1n) is 6.95. The van der Waals surface area contributed by atoms with Crippen LogP contribution in [0.3, 0.4) is 0 Å². The van der Waals surface area contributed by atoms with E-state index >= 15 is 0 Å². The standard InChI is InChI=1S/C15H19ClN4O2/c1-10(14(22-3)12-4-6-13(16)7-5-12)19-15(21)11(2)20-9-17-8-18-20/h4-11,14H,1-3H3,(H,19,21)/t10-,11+,14-/m0/s1. The zero-order valence-corrected chi connectivity index (χ0v) is 13.5. The summed E-state index contributed by atoms with van der Waals surface area (Å²) in [5.41, 5.74) is 0.952. The first kappa shape index (κ1) is 16.5. The molecular formula is C15H19ClN4O2. The van der Waals surface area contributed by atoms with Crippen LogP contribution in [0, 0.1) is 0 Å². The first-order valence-corrected chi connectivity index (χ1v) is 7.33. The summed E-state index contributed by atoms with van der Waals surface area (Å²) in [6.07, 6.45) is 2.66. The second-order valence-electron chi connectivity index (χ2n) is 5.06. The Morgan fingerprint density at radius 2 is 2.00 bits per heavy atom. The average molecular weight is 323 g/mol. The highest BCUT2D eigenvalue weighted by Gasteiger charge is 2.24.